The topological polar surface area (TPSA) is 95.7 Å². The lowest BCUT2D eigenvalue weighted by atomic mass is 9.97. The molecule has 0 saturated carbocycles. The van der Waals surface area contributed by atoms with E-state index in [1.807, 2.05) is 86.6 Å². The maximum atomic E-state index is 14.2. The van der Waals surface area contributed by atoms with Gasteiger partial charge >= 0.3 is 0 Å². The van der Waals surface area contributed by atoms with Gasteiger partial charge in [0.1, 0.15) is 12.1 Å². The number of amides is 3. The standard InChI is InChI=1S/C34H40N4O3/c1-34(2,35)20-10-15-31(39)37(3)30(24-26-16-18-28(19-17-26)27-13-8-5-9-14-27)33(41)38-22-21-36-32(40)29(38)23-25-11-6-4-7-12-25/h4-19,29-30H,20-24,35H2,1-3H3,(H,36,40)/t29-,30-/m1/s1. The first-order valence-corrected chi connectivity index (χ1v) is 14.1. The quantitative estimate of drug-likeness (QED) is 0.372. The van der Waals surface area contributed by atoms with Crippen molar-refractivity contribution in [1.29, 1.82) is 0 Å². The summed E-state index contributed by atoms with van der Waals surface area (Å²) in [5, 5.41) is 2.91. The van der Waals surface area contributed by atoms with Crippen LogP contribution in [0.1, 0.15) is 31.4 Å². The van der Waals surface area contributed by atoms with Gasteiger partial charge in [0.05, 0.1) is 0 Å². The molecule has 214 valence electrons. The summed E-state index contributed by atoms with van der Waals surface area (Å²) >= 11 is 0. The van der Waals surface area contributed by atoms with E-state index in [9.17, 15) is 14.4 Å². The first-order valence-electron chi connectivity index (χ1n) is 14.1. The average molecular weight is 553 g/mol. The molecule has 3 aromatic rings. The number of nitrogens with one attached hydrogen (secondary N) is 1. The summed E-state index contributed by atoms with van der Waals surface area (Å²) in [5.74, 6) is -0.704. The summed E-state index contributed by atoms with van der Waals surface area (Å²) in [4.78, 5) is 43.6. The van der Waals surface area contributed by atoms with E-state index >= 15 is 0 Å². The fraction of sp³-hybridized carbons (Fsp3) is 0.324. The van der Waals surface area contributed by atoms with Crippen molar-refractivity contribution in [3.63, 3.8) is 0 Å². The summed E-state index contributed by atoms with van der Waals surface area (Å²) in [6, 6.07) is 26.4. The Morgan fingerprint density at radius 1 is 0.976 bits per heavy atom. The number of nitrogens with two attached hydrogens (primary N) is 1. The van der Waals surface area contributed by atoms with Crippen molar-refractivity contribution in [2.24, 2.45) is 5.73 Å². The lowest BCUT2D eigenvalue weighted by Gasteiger charge is -2.39. The molecule has 1 fully saturated rings. The van der Waals surface area contributed by atoms with Crippen LogP contribution in [0, 0.1) is 0 Å². The molecule has 0 radical (unpaired) electrons. The van der Waals surface area contributed by atoms with Crippen LogP contribution in [0.4, 0.5) is 0 Å². The summed E-state index contributed by atoms with van der Waals surface area (Å²) < 4.78 is 0. The normalized spacial score (nSPS) is 16.3. The zero-order valence-corrected chi connectivity index (χ0v) is 24.1. The fourth-order valence-corrected chi connectivity index (χ4v) is 5.02. The molecule has 4 rings (SSSR count). The van der Waals surface area contributed by atoms with Gasteiger partial charge in [0.2, 0.25) is 17.7 Å². The Balaban J connectivity index is 1.61. The Labute approximate surface area is 243 Å². The average Bonchev–Trinajstić information content (AvgIpc) is 2.97. The third kappa shape index (κ3) is 8.14. The smallest absolute Gasteiger partial charge is 0.246 e. The van der Waals surface area contributed by atoms with Crippen molar-refractivity contribution in [3.8, 4) is 11.1 Å². The number of hydrogen-bond donors (Lipinski definition) is 2. The highest BCUT2D eigenvalue weighted by Gasteiger charge is 2.38. The van der Waals surface area contributed by atoms with Crippen LogP contribution in [0.5, 0.6) is 0 Å². The summed E-state index contributed by atoms with van der Waals surface area (Å²) in [7, 11) is 1.65. The highest BCUT2D eigenvalue weighted by molar-refractivity contribution is 5.95. The van der Waals surface area contributed by atoms with Gasteiger partial charge in [0.25, 0.3) is 0 Å². The van der Waals surface area contributed by atoms with Gasteiger partial charge in [-0.05, 0) is 48.6 Å². The Morgan fingerprint density at radius 2 is 1.59 bits per heavy atom. The van der Waals surface area contributed by atoms with Gasteiger partial charge in [0, 0.05) is 38.5 Å². The molecular formula is C34H40N4O3. The molecule has 2 atom stereocenters. The molecule has 1 aliphatic heterocycles. The zero-order valence-electron chi connectivity index (χ0n) is 24.1. The van der Waals surface area contributed by atoms with Gasteiger partial charge in [-0.25, -0.2) is 0 Å². The molecule has 1 aliphatic rings. The van der Waals surface area contributed by atoms with E-state index in [-0.39, 0.29) is 17.7 Å². The molecule has 1 saturated heterocycles. The Hall–Kier alpha value is -4.23. The lowest BCUT2D eigenvalue weighted by Crippen LogP contribution is -2.62. The summed E-state index contributed by atoms with van der Waals surface area (Å²) in [6.07, 6.45) is 4.49. The molecular weight excluding hydrogens is 512 g/mol. The first kappa shape index (κ1) is 29.7. The van der Waals surface area contributed by atoms with Crippen LogP contribution >= 0.6 is 0 Å². The van der Waals surface area contributed by atoms with Crippen molar-refractivity contribution in [1.82, 2.24) is 15.1 Å². The fourth-order valence-electron chi connectivity index (χ4n) is 5.02. The number of carbonyl (C=O) groups excluding carboxylic acids is 3. The molecule has 0 unspecified atom stereocenters. The van der Waals surface area contributed by atoms with Gasteiger partial charge < -0.3 is 20.9 Å². The molecule has 0 spiro atoms. The number of nitrogens with zero attached hydrogens (tertiary/aromatic N) is 2. The van der Waals surface area contributed by atoms with E-state index in [1.54, 1.807) is 18.0 Å². The Bertz CT molecular complexity index is 1350. The second kappa shape index (κ2) is 13.4. The monoisotopic (exact) mass is 552 g/mol. The van der Waals surface area contributed by atoms with Crippen LogP contribution < -0.4 is 11.1 Å². The van der Waals surface area contributed by atoms with Crippen LogP contribution in [-0.4, -0.2) is 65.3 Å². The van der Waals surface area contributed by atoms with Crippen LogP contribution in [0.3, 0.4) is 0 Å². The molecule has 0 aromatic heterocycles. The summed E-state index contributed by atoms with van der Waals surface area (Å²) in [6.45, 7) is 4.54. The number of piperazine rings is 1. The molecule has 7 nitrogen and oxygen atoms in total. The minimum absolute atomic E-state index is 0.182. The largest absolute Gasteiger partial charge is 0.353 e. The van der Waals surface area contributed by atoms with Gasteiger partial charge in [-0.1, -0.05) is 91.0 Å². The van der Waals surface area contributed by atoms with Crippen LogP contribution in [0.2, 0.25) is 0 Å². The van der Waals surface area contributed by atoms with Gasteiger partial charge in [0.15, 0.2) is 0 Å². The van der Waals surface area contributed by atoms with E-state index in [0.29, 0.717) is 32.4 Å². The molecule has 1 heterocycles. The van der Waals surface area contributed by atoms with Crippen molar-refractivity contribution >= 4 is 17.7 Å². The maximum Gasteiger partial charge on any atom is 0.246 e. The van der Waals surface area contributed by atoms with Crippen molar-refractivity contribution < 1.29 is 14.4 Å². The maximum absolute atomic E-state index is 14.2. The number of hydrogen-bond acceptors (Lipinski definition) is 4. The molecule has 3 N–H and O–H groups in total. The minimum Gasteiger partial charge on any atom is -0.353 e. The number of rotatable bonds is 10. The third-order valence-electron chi connectivity index (χ3n) is 7.38. The van der Waals surface area contributed by atoms with E-state index in [0.717, 1.165) is 22.3 Å². The number of likely N-dealkylation sites (N-methyl/N-ethyl adjacent to an activating group) is 1. The third-order valence-corrected chi connectivity index (χ3v) is 7.38. The zero-order chi connectivity index (χ0) is 29.4. The van der Waals surface area contributed by atoms with E-state index < -0.39 is 17.6 Å². The van der Waals surface area contributed by atoms with Gasteiger partial charge in [-0.2, -0.15) is 0 Å². The molecule has 3 amide bonds. The second-order valence-electron chi connectivity index (χ2n) is 11.4. The minimum atomic E-state index is -0.787. The van der Waals surface area contributed by atoms with Crippen molar-refractivity contribution in [2.75, 3.05) is 20.1 Å². The van der Waals surface area contributed by atoms with Gasteiger partial charge in [-0.15, -0.1) is 0 Å². The summed E-state index contributed by atoms with van der Waals surface area (Å²) in [5.41, 5.74) is 9.71. The number of carbonyl (C=O) groups is 3. The van der Waals surface area contributed by atoms with E-state index in [1.165, 1.54) is 11.0 Å². The Kier molecular flexibility index (Phi) is 9.73. The first-order chi connectivity index (χ1) is 19.6. The predicted molar refractivity (Wildman–Crippen MR) is 163 cm³/mol. The van der Waals surface area contributed by atoms with Gasteiger partial charge in [-0.3, -0.25) is 14.4 Å². The predicted octanol–water partition coefficient (Wildman–Crippen LogP) is 3.98. The highest BCUT2D eigenvalue weighted by atomic mass is 16.2. The van der Waals surface area contributed by atoms with E-state index in [2.05, 4.69) is 17.4 Å². The second-order valence-corrected chi connectivity index (χ2v) is 11.4. The van der Waals surface area contributed by atoms with Crippen molar-refractivity contribution in [2.45, 2.75) is 50.7 Å². The van der Waals surface area contributed by atoms with E-state index in [4.69, 9.17) is 5.73 Å². The lowest BCUT2D eigenvalue weighted by molar-refractivity contribution is -0.149. The molecule has 3 aromatic carbocycles. The molecule has 0 bridgehead atoms. The Morgan fingerprint density at radius 3 is 2.22 bits per heavy atom. The van der Waals surface area contributed by atoms with Crippen LogP contribution in [0.15, 0.2) is 97.1 Å². The SMILES string of the molecule is CN(C(=O)C=CCC(C)(C)N)[C@H](Cc1ccc(-c2ccccc2)cc1)C(=O)N1CCNC(=O)[C@H]1Cc1ccccc1. The molecule has 41 heavy (non-hydrogen) atoms. The van der Waals surface area contributed by atoms with Crippen LogP contribution in [0.25, 0.3) is 11.1 Å². The molecule has 0 aliphatic carbocycles. The van der Waals surface area contributed by atoms with Crippen molar-refractivity contribution in [3.05, 3.63) is 108 Å². The number of benzene rings is 3. The van der Waals surface area contributed by atoms with Crippen LogP contribution in [-0.2, 0) is 27.2 Å². The molecule has 7 heteroatoms. The highest BCUT2D eigenvalue weighted by Crippen LogP contribution is 2.22.